The van der Waals surface area contributed by atoms with Crippen LogP contribution in [0.4, 0.5) is 0 Å². The van der Waals surface area contributed by atoms with Gasteiger partial charge in [0.05, 0.1) is 6.54 Å². The van der Waals surface area contributed by atoms with Gasteiger partial charge in [-0.15, -0.1) is 0 Å². The van der Waals surface area contributed by atoms with E-state index in [9.17, 15) is 13.9 Å². The van der Waals surface area contributed by atoms with Gasteiger partial charge in [0, 0.05) is 16.8 Å². The van der Waals surface area contributed by atoms with Crippen LogP contribution < -0.4 is 88.7 Å². The minimum atomic E-state index is -4.54. The van der Waals surface area contributed by atoms with Gasteiger partial charge in [-0.3, -0.25) is 18.8 Å². The molecule has 0 heterocycles. The third-order valence-electron chi connectivity index (χ3n) is 1.13. The molecule has 0 aromatic rings. The van der Waals surface area contributed by atoms with Gasteiger partial charge >= 0.3 is 110 Å². The predicted octanol–water partition coefficient (Wildman–Crippen LogP) is -10.3. The van der Waals surface area contributed by atoms with Gasteiger partial charge < -0.3 is 24.7 Å². The molecular formula is C4H11CoNNa3O8P2+3. The second-order valence-corrected chi connectivity index (χ2v) is 6.06. The van der Waals surface area contributed by atoms with Gasteiger partial charge in [-0.2, -0.15) is 0 Å². The summed E-state index contributed by atoms with van der Waals surface area (Å²) in [6, 6.07) is 0. The van der Waals surface area contributed by atoms with Gasteiger partial charge in [-0.1, -0.05) is 0 Å². The molecular weight excluding hydrogens is 380 g/mol. The van der Waals surface area contributed by atoms with Crippen molar-refractivity contribution in [3.8, 4) is 0 Å². The van der Waals surface area contributed by atoms with E-state index in [1.807, 2.05) is 0 Å². The van der Waals surface area contributed by atoms with Crippen molar-refractivity contribution in [3.63, 3.8) is 0 Å². The quantitative estimate of drug-likeness (QED) is 0.219. The SMILES string of the molecule is O=C(O)CN(CP(=O)(O)O)CP(=O)(O)O.[Co].[Na+].[Na+].[Na+]. The summed E-state index contributed by atoms with van der Waals surface area (Å²) in [4.78, 5) is 44.8. The van der Waals surface area contributed by atoms with Gasteiger partial charge in [0.15, 0.2) is 0 Å². The van der Waals surface area contributed by atoms with E-state index in [1.165, 1.54) is 0 Å². The van der Waals surface area contributed by atoms with Crippen LogP contribution in [0.15, 0.2) is 0 Å². The van der Waals surface area contributed by atoms with Crippen molar-refractivity contribution < 1.29 is 144 Å². The van der Waals surface area contributed by atoms with E-state index in [-0.39, 0.29) is 105 Å². The summed E-state index contributed by atoms with van der Waals surface area (Å²) in [5.41, 5.74) is 0. The van der Waals surface area contributed by atoms with Crippen molar-refractivity contribution >= 4 is 21.2 Å². The minimum absolute atomic E-state index is 0. The molecule has 0 spiro atoms. The maximum absolute atomic E-state index is 10.5. The van der Waals surface area contributed by atoms with Crippen LogP contribution in [-0.2, 0) is 30.7 Å². The molecule has 0 rings (SSSR count). The third-order valence-corrected chi connectivity index (χ3v) is 2.66. The summed E-state index contributed by atoms with van der Waals surface area (Å²) in [6.45, 7) is -0.851. The summed E-state index contributed by atoms with van der Waals surface area (Å²) in [7, 11) is -9.09. The number of carbonyl (C=O) groups is 1. The topological polar surface area (TPSA) is 156 Å². The largest absolute Gasteiger partial charge is 1.00 e. The molecule has 0 unspecified atom stereocenters. The maximum atomic E-state index is 10.5. The number of carboxylic acid groups (broad SMARTS) is 1. The Labute approximate surface area is 186 Å². The van der Waals surface area contributed by atoms with E-state index < -0.39 is 40.3 Å². The van der Waals surface area contributed by atoms with Gasteiger partial charge in [0.1, 0.15) is 12.6 Å². The van der Waals surface area contributed by atoms with Crippen LogP contribution in [0, 0.1) is 0 Å². The second kappa shape index (κ2) is 14.8. The average molecular weight is 391 g/mol. The zero-order valence-electron chi connectivity index (χ0n) is 10.8. The Balaban J connectivity index is -0.000000163. The first-order chi connectivity index (χ1) is 6.49. The number of nitrogens with zero attached hydrogens (tertiary/aromatic N) is 1. The summed E-state index contributed by atoms with van der Waals surface area (Å²) < 4.78 is 21.0. The molecule has 0 aliphatic rings. The van der Waals surface area contributed by atoms with Crippen molar-refractivity contribution in [2.75, 3.05) is 19.1 Å². The van der Waals surface area contributed by atoms with Crippen molar-refractivity contribution in [3.05, 3.63) is 0 Å². The van der Waals surface area contributed by atoms with Crippen molar-refractivity contribution in [2.24, 2.45) is 0 Å². The normalized spacial score (nSPS) is 10.4. The predicted molar refractivity (Wildman–Crippen MR) is 48.2 cm³/mol. The zero-order chi connectivity index (χ0) is 12.3. The molecule has 0 aromatic heterocycles. The fourth-order valence-electron chi connectivity index (χ4n) is 0.857. The van der Waals surface area contributed by atoms with Gasteiger partial charge in [0.2, 0.25) is 0 Å². The van der Waals surface area contributed by atoms with Gasteiger partial charge in [0.25, 0.3) is 0 Å². The summed E-state index contributed by atoms with van der Waals surface area (Å²) >= 11 is 0. The van der Waals surface area contributed by atoms with E-state index in [4.69, 9.17) is 24.7 Å². The van der Waals surface area contributed by atoms with Crippen LogP contribution in [0.1, 0.15) is 0 Å². The van der Waals surface area contributed by atoms with E-state index in [0.29, 0.717) is 4.90 Å². The smallest absolute Gasteiger partial charge is 0.480 e. The molecule has 0 aliphatic carbocycles. The Morgan fingerprint density at radius 3 is 1.32 bits per heavy atom. The molecule has 9 nitrogen and oxygen atoms in total. The van der Waals surface area contributed by atoms with Crippen molar-refractivity contribution in [1.82, 2.24) is 4.90 Å². The number of rotatable bonds is 6. The monoisotopic (exact) mass is 391 g/mol. The molecule has 0 bridgehead atoms. The molecule has 0 aromatic carbocycles. The van der Waals surface area contributed by atoms with E-state index in [0.717, 1.165) is 0 Å². The molecule has 19 heavy (non-hydrogen) atoms. The average Bonchev–Trinajstić information content (AvgIpc) is 1.73. The van der Waals surface area contributed by atoms with Crippen LogP contribution in [0.25, 0.3) is 0 Å². The first-order valence-electron chi connectivity index (χ1n) is 3.53. The first-order valence-corrected chi connectivity index (χ1v) is 7.12. The van der Waals surface area contributed by atoms with E-state index in [2.05, 4.69) is 0 Å². The van der Waals surface area contributed by atoms with Crippen molar-refractivity contribution in [2.45, 2.75) is 0 Å². The maximum Gasteiger partial charge on any atom is 1.00 e. The Kier molecular flexibility index (Phi) is 26.3. The molecule has 0 saturated carbocycles. The summed E-state index contributed by atoms with van der Waals surface area (Å²) in [5, 5.41) is 8.33. The zero-order valence-corrected chi connectivity index (χ0v) is 19.6. The number of hydrogen-bond acceptors (Lipinski definition) is 4. The van der Waals surface area contributed by atoms with E-state index in [1.54, 1.807) is 0 Å². The molecule has 1 radical (unpaired) electrons. The Morgan fingerprint density at radius 1 is 0.895 bits per heavy atom. The molecule has 0 atom stereocenters. The fraction of sp³-hybridized carbons (Fsp3) is 0.750. The number of carboxylic acids is 1. The third kappa shape index (κ3) is 26.5. The number of hydrogen-bond donors (Lipinski definition) is 5. The molecule has 0 saturated heterocycles. The Bertz CT molecular complexity index is 310. The Morgan fingerprint density at radius 2 is 1.16 bits per heavy atom. The summed E-state index contributed by atoms with van der Waals surface area (Å²) in [5.74, 6) is -1.43. The standard InChI is InChI=1S/C4H11NO8P2.Co.3Na/c6-4(7)1-5(2-14(8,9)10)3-15(11,12)13;;;;/h1-3H2,(H,6,7)(H2,8,9,10)(H2,11,12,13);;;;/q;;3*+1. The molecule has 99 valence electrons. The first kappa shape index (κ1) is 33.8. The van der Waals surface area contributed by atoms with E-state index >= 15 is 0 Å². The van der Waals surface area contributed by atoms with Crippen LogP contribution in [0.5, 0.6) is 0 Å². The Hall–Kier alpha value is 3.24. The van der Waals surface area contributed by atoms with Crippen LogP contribution >= 0.6 is 15.2 Å². The van der Waals surface area contributed by atoms with Gasteiger partial charge in [-0.25, -0.2) is 0 Å². The molecule has 0 amide bonds. The number of aliphatic carboxylic acids is 1. The van der Waals surface area contributed by atoms with Crippen molar-refractivity contribution in [1.29, 1.82) is 0 Å². The molecule has 0 aliphatic heterocycles. The van der Waals surface area contributed by atoms with Crippen LogP contribution in [0.2, 0.25) is 0 Å². The van der Waals surface area contributed by atoms with Crippen LogP contribution in [-0.4, -0.2) is 54.7 Å². The molecule has 5 N–H and O–H groups in total. The second-order valence-electron chi connectivity index (χ2n) is 2.83. The minimum Gasteiger partial charge on any atom is -0.480 e. The molecule has 15 heteroatoms. The summed E-state index contributed by atoms with van der Waals surface area (Å²) in [6.07, 6.45) is -2.02. The van der Waals surface area contributed by atoms with Gasteiger partial charge in [-0.05, 0) is 0 Å². The molecule has 0 fully saturated rings. The fourth-order valence-corrected chi connectivity index (χ4v) is 2.46. The van der Waals surface area contributed by atoms with Crippen LogP contribution in [0.3, 0.4) is 0 Å².